The van der Waals surface area contributed by atoms with Crippen molar-refractivity contribution in [3.8, 4) is 5.75 Å². The summed E-state index contributed by atoms with van der Waals surface area (Å²) in [5.74, 6) is -0.688. The minimum absolute atomic E-state index is 0.0221. The zero-order valence-corrected chi connectivity index (χ0v) is 18.0. The van der Waals surface area contributed by atoms with E-state index in [9.17, 15) is 26.4 Å². The van der Waals surface area contributed by atoms with Crippen LogP contribution in [0.1, 0.15) is 12.8 Å². The van der Waals surface area contributed by atoms with Crippen molar-refractivity contribution in [3.05, 3.63) is 35.8 Å². The van der Waals surface area contributed by atoms with Crippen molar-refractivity contribution in [2.75, 3.05) is 37.6 Å². The Morgan fingerprint density at radius 1 is 1.16 bits per heavy atom. The predicted octanol–water partition coefficient (Wildman–Crippen LogP) is 2.45. The van der Waals surface area contributed by atoms with E-state index in [2.05, 4.69) is 19.3 Å². The van der Waals surface area contributed by atoms with Crippen LogP contribution in [0.5, 0.6) is 5.75 Å². The van der Waals surface area contributed by atoms with Gasteiger partial charge in [-0.2, -0.15) is 0 Å². The first kappa shape index (κ1) is 23.3. The van der Waals surface area contributed by atoms with Crippen LogP contribution < -0.4 is 14.4 Å². The highest BCUT2D eigenvalue weighted by atomic mass is 32.2. The Morgan fingerprint density at radius 3 is 2.55 bits per heavy atom. The number of nitrogens with one attached hydrogen (secondary N) is 1. The highest BCUT2D eigenvalue weighted by molar-refractivity contribution is 7.89. The molecule has 0 aliphatic carbocycles. The van der Waals surface area contributed by atoms with E-state index in [0.29, 0.717) is 19.6 Å². The lowest BCUT2D eigenvalue weighted by Gasteiger charge is -2.21. The highest BCUT2D eigenvalue weighted by Gasteiger charge is 2.31. The maximum atomic E-state index is 12.5. The molecule has 2 aromatic rings. The van der Waals surface area contributed by atoms with E-state index in [1.54, 1.807) is 11.1 Å². The maximum Gasteiger partial charge on any atom is 0.573 e. The first-order chi connectivity index (χ1) is 14.6. The Hall–Kier alpha value is -2.38. The van der Waals surface area contributed by atoms with Crippen LogP contribution in [0, 0.1) is 0 Å². The normalized spacial score (nSPS) is 15.6. The smallest absolute Gasteiger partial charge is 0.406 e. The second-order valence-electron chi connectivity index (χ2n) is 6.70. The topological polar surface area (TPSA) is 91.8 Å². The molecule has 0 atom stereocenters. The number of alkyl halides is 3. The number of amides is 1. The standard InChI is InChI=1S/C18H21F3N4O4S2/c19-18(20,21)29-14-2-4-15(5-3-14)31(27,28)23-7-6-16(26)24-9-1-10-25(12-11-24)17-22-8-13-30-17/h2-5,8,13,23H,1,6-7,9-12H2. The van der Waals surface area contributed by atoms with Crippen molar-refractivity contribution < 1.29 is 31.1 Å². The van der Waals surface area contributed by atoms with E-state index < -0.39 is 22.1 Å². The molecule has 0 radical (unpaired) electrons. The van der Waals surface area contributed by atoms with E-state index in [1.807, 2.05) is 5.38 Å². The van der Waals surface area contributed by atoms with Gasteiger partial charge >= 0.3 is 6.36 Å². The average Bonchev–Trinajstić information content (AvgIpc) is 3.11. The monoisotopic (exact) mass is 478 g/mol. The lowest BCUT2D eigenvalue weighted by Crippen LogP contribution is -2.37. The molecule has 3 rings (SSSR count). The summed E-state index contributed by atoms with van der Waals surface area (Å²) in [4.78, 5) is 20.4. The van der Waals surface area contributed by atoms with Crippen molar-refractivity contribution in [1.82, 2.24) is 14.6 Å². The SMILES string of the molecule is O=C(CCNS(=O)(=O)c1ccc(OC(F)(F)F)cc1)N1CCCN(c2nccs2)CC1. The van der Waals surface area contributed by atoms with Gasteiger partial charge in [-0.3, -0.25) is 4.79 Å². The summed E-state index contributed by atoms with van der Waals surface area (Å²) in [6.07, 6.45) is -2.37. The second-order valence-corrected chi connectivity index (χ2v) is 9.34. The third kappa shape index (κ3) is 6.80. The quantitative estimate of drug-likeness (QED) is 0.657. The summed E-state index contributed by atoms with van der Waals surface area (Å²) in [6.45, 7) is 2.42. The van der Waals surface area contributed by atoms with Crippen LogP contribution >= 0.6 is 11.3 Å². The minimum Gasteiger partial charge on any atom is -0.406 e. The van der Waals surface area contributed by atoms with Crippen molar-refractivity contribution in [2.24, 2.45) is 0 Å². The number of hydrogen-bond acceptors (Lipinski definition) is 7. The average molecular weight is 479 g/mol. The molecule has 1 saturated heterocycles. The predicted molar refractivity (Wildman–Crippen MR) is 108 cm³/mol. The summed E-state index contributed by atoms with van der Waals surface area (Å²) < 4.78 is 67.2. The summed E-state index contributed by atoms with van der Waals surface area (Å²) in [6, 6.07) is 3.84. The van der Waals surface area contributed by atoms with Gasteiger partial charge in [0.05, 0.1) is 4.90 Å². The van der Waals surface area contributed by atoms with Gasteiger partial charge in [0.15, 0.2) is 5.13 Å². The molecule has 13 heteroatoms. The van der Waals surface area contributed by atoms with Crippen LogP contribution in [0.15, 0.2) is 40.7 Å². The number of anilines is 1. The summed E-state index contributed by atoms with van der Waals surface area (Å²) in [5, 5.41) is 2.81. The number of hydrogen-bond donors (Lipinski definition) is 1. The zero-order valence-electron chi connectivity index (χ0n) is 16.3. The number of ether oxygens (including phenoxy) is 1. The number of halogens is 3. The van der Waals surface area contributed by atoms with E-state index in [1.165, 1.54) is 11.3 Å². The van der Waals surface area contributed by atoms with Crippen molar-refractivity contribution in [3.63, 3.8) is 0 Å². The van der Waals surface area contributed by atoms with Gasteiger partial charge < -0.3 is 14.5 Å². The number of benzene rings is 1. The molecule has 0 saturated carbocycles. The van der Waals surface area contributed by atoms with Gasteiger partial charge in [0.2, 0.25) is 15.9 Å². The van der Waals surface area contributed by atoms with E-state index >= 15 is 0 Å². The van der Waals surface area contributed by atoms with Crippen LogP contribution in [-0.2, 0) is 14.8 Å². The summed E-state index contributed by atoms with van der Waals surface area (Å²) in [5.41, 5.74) is 0. The van der Waals surface area contributed by atoms with Gasteiger partial charge in [-0.05, 0) is 30.7 Å². The van der Waals surface area contributed by atoms with Crippen molar-refractivity contribution >= 4 is 32.4 Å². The Bertz CT molecular complexity index is 967. The molecule has 1 N–H and O–H groups in total. The first-order valence-electron chi connectivity index (χ1n) is 9.42. The van der Waals surface area contributed by atoms with Gasteiger partial charge in [-0.15, -0.1) is 24.5 Å². The molecule has 0 bridgehead atoms. The number of rotatable bonds is 7. The lowest BCUT2D eigenvalue weighted by molar-refractivity contribution is -0.274. The number of carbonyl (C=O) groups excluding carboxylic acids is 1. The molecule has 1 aliphatic rings. The number of aromatic nitrogens is 1. The molecule has 31 heavy (non-hydrogen) atoms. The van der Waals surface area contributed by atoms with E-state index in [0.717, 1.165) is 42.4 Å². The Labute approximate surface area is 181 Å². The second kappa shape index (κ2) is 9.83. The number of nitrogens with zero attached hydrogens (tertiary/aromatic N) is 3. The fourth-order valence-corrected chi connectivity index (χ4v) is 4.81. The third-order valence-corrected chi connectivity index (χ3v) is 6.85. The Kier molecular flexibility index (Phi) is 7.38. The number of carbonyl (C=O) groups is 1. The van der Waals surface area contributed by atoms with Crippen LogP contribution in [0.2, 0.25) is 0 Å². The third-order valence-electron chi connectivity index (χ3n) is 4.54. The molecule has 0 unspecified atom stereocenters. The summed E-state index contributed by atoms with van der Waals surface area (Å²) in [7, 11) is -3.97. The molecular formula is C18H21F3N4O4S2. The van der Waals surface area contributed by atoms with Gasteiger partial charge in [-0.1, -0.05) is 0 Å². The first-order valence-corrected chi connectivity index (χ1v) is 11.8. The zero-order chi connectivity index (χ0) is 22.5. The maximum absolute atomic E-state index is 12.5. The van der Waals surface area contributed by atoms with Crippen molar-refractivity contribution in [2.45, 2.75) is 24.1 Å². The molecule has 1 amide bonds. The molecule has 0 spiro atoms. The molecule has 2 heterocycles. The molecule has 1 aromatic heterocycles. The van der Waals surface area contributed by atoms with Crippen LogP contribution in [0.25, 0.3) is 0 Å². The molecule has 1 fully saturated rings. The largest absolute Gasteiger partial charge is 0.573 e. The minimum atomic E-state index is -4.86. The number of sulfonamides is 1. The number of thiazole rings is 1. The molecule has 8 nitrogen and oxygen atoms in total. The molecule has 1 aromatic carbocycles. The Balaban J connectivity index is 1.48. The lowest BCUT2D eigenvalue weighted by atomic mass is 10.3. The fourth-order valence-electron chi connectivity index (χ4n) is 3.08. The van der Waals surface area contributed by atoms with Gasteiger partial charge in [-0.25, -0.2) is 18.1 Å². The van der Waals surface area contributed by atoms with E-state index in [-0.39, 0.29) is 23.8 Å². The van der Waals surface area contributed by atoms with Crippen LogP contribution in [-0.4, -0.2) is 63.3 Å². The molecule has 170 valence electrons. The van der Waals surface area contributed by atoms with Crippen LogP contribution in [0.4, 0.5) is 18.3 Å². The fraction of sp³-hybridized carbons (Fsp3) is 0.444. The van der Waals surface area contributed by atoms with Gasteiger partial charge in [0, 0.05) is 50.7 Å². The molecular weight excluding hydrogens is 457 g/mol. The summed E-state index contributed by atoms with van der Waals surface area (Å²) >= 11 is 1.54. The van der Waals surface area contributed by atoms with Gasteiger partial charge in [0.1, 0.15) is 5.75 Å². The van der Waals surface area contributed by atoms with Gasteiger partial charge in [0.25, 0.3) is 0 Å². The highest BCUT2D eigenvalue weighted by Crippen LogP contribution is 2.24. The molecule has 1 aliphatic heterocycles. The van der Waals surface area contributed by atoms with Crippen LogP contribution in [0.3, 0.4) is 0 Å². The Morgan fingerprint density at radius 2 is 1.90 bits per heavy atom. The van der Waals surface area contributed by atoms with Crippen molar-refractivity contribution in [1.29, 1.82) is 0 Å². The van der Waals surface area contributed by atoms with E-state index in [4.69, 9.17) is 0 Å².